The zero-order chi connectivity index (χ0) is 23.0. The molecule has 1 heterocycles. The van der Waals surface area contributed by atoms with Gasteiger partial charge >= 0.3 is 0 Å². The Morgan fingerprint density at radius 3 is 2.39 bits per heavy atom. The van der Waals surface area contributed by atoms with Gasteiger partial charge in [0.2, 0.25) is 21.8 Å². The summed E-state index contributed by atoms with van der Waals surface area (Å²) in [6.45, 7) is 2.47. The standard InChI is InChI=1S/C21H23F2N3O4S/c1-14-4-6-15(7-5-14)11-24-20(28)21(2)13-25(31(3,29)30)12-19(27)26(21)18-9-8-16(22)10-17(18)23/h4-10H,11-13H2,1-3H3,(H,24,28)/t21-/m1/s1. The van der Waals surface area contributed by atoms with Crippen molar-refractivity contribution in [3.8, 4) is 0 Å². The number of aryl methyl sites for hydroxylation is 1. The van der Waals surface area contributed by atoms with Crippen LogP contribution in [0.15, 0.2) is 42.5 Å². The third-order valence-corrected chi connectivity index (χ3v) is 6.42. The van der Waals surface area contributed by atoms with Crippen molar-refractivity contribution in [2.75, 3.05) is 24.2 Å². The molecule has 2 aromatic rings. The average Bonchev–Trinajstić information content (AvgIpc) is 2.67. The molecule has 7 nitrogen and oxygen atoms in total. The normalized spacial score (nSPS) is 20.0. The topological polar surface area (TPSA) is 86.8 Å². The Morgan fingerprint density at radius 1 is 1.16 bits per heavy atom. The first kappa shape index (κ1) is 22.8. The van der Waals surface area contributed by atoms with Gasteiger partial charge in [0.15, 0.2) is 0 Å². The molecule has 1 N–H and O–H groups in total. The molecule has 1 aliphatic heterocycles. The van der Waals surface area contributed by atoms with Crippen molar-refractivity contribution < 1.29 is 26.8 Å². The van der Waals surface area contributed by atoms with E-state index in [4.69, 9.17) is 0 Å². The molecule has 0 unspecified atom stereocenters. The highest BCUT2D eigenvalue weighted by Crippen LogP contribution is 2.32. The molecular weight excluding hydrogens is 428 g/mol. The van der Waals surface area contributed by atoms with Gasteiger partial charge in [0.25, 0.3) is 0 Å². The average molecular weight is 451 g/mol. The highest BCUT2D eigenvalue weighted by atomic mass is 32.2. The van der Waals surface area contributed by atoms with Crippen molar-refractivity contribution in [3.63, 3.8) is 0 Å². The summed E-state index contributed by atoms with van der Waals surface area (Å²) in [6, 6.07) is 10.0. The second kappa shape index (κ2) is 8.35. The molecule has 0 radical (unpaired) electrons. The second-order valence-electron chi connectivity index (χ2n) is 7.80. The van der Waals surface area contributed by atoms with Gasteiger partial charge in [-0.05, 0) is 31.5 Å². The summed E-state index contributed by atoms with van der Waals surface area (Å²) in [5, 5.41) is 2.70. The van der Waals surface area contributed by atoms with E-state index in [1.54, 1.807) is 0 Å². The SMILES string of the molecule is Cc1ccc(CNC(=O)[C@@]2(C)CN(S(C)(=O)=O)CC(=O)N2c2ccc(F)cc2F)cc1. The molecule has 0 bridgehead atoms. The van der Waals surface area contributed by atoms with Crippen LogP contribution in [0.25, 0.3) is 0 Å². The summed E-state index contributed by atoms with van der Waals surface area (Å²) in [4.78, 5) is 27.0. The van der Waals surface area contributed by atoms with Crippen LogP contribution < -0.4 is 10.2 Å². The number of halogens is 2. The molecule has 2 aromatic carbocycles. The summed E-state index contributed by atoms with van der Waals surface area (Å²) in [7, 11) is -3.81. The number of nitrogens with zero attached hydrogens (tertiary/aromatic N) is 2. The van der Waals surface area contributed by atoms with E-state index in [2.05, 4.69) is 5.32 Å². The van der Waals surface area contributed by atoms with Gasteiger partial charge in [-0.15, -0.1) is 0 Å². The van der Waals surface area contributed by atoms with Crippen LogP contribution in [0.3, 0.4) is 0 Å². The van der Waals surface area contributed by atoms with Gasteiger partial charge in [-0.25, -0.2) is 17.2 Å². The summed E-state index contributed by atoms with van der Waals surface area (Å²) < 4.78 is 53.0. The predicted octanol–water partition coefficient (Wildman–Crippen LogP) is 1.96. The molecule has 0 aromatic heterocycles. The Labute approximate surface area is 179 Å². The number of carbonyl (C=O) groups excluding carboxylic acids is 2. The molecule has 0 aliphatic carbocycles. The molecule has 10 heteroatoms. The van der Waals surface area contributed by atoms with Crippen LogP contribution in [-0.4, -0.2) is 49.4 Å². The number of hydrogen-bond donors (Lipinski definition) is 1. The number of hydrogen-bond acceptors (Lipinski definition) is 4. The first-order valence-corrected chi connectivity index (χ1v) is 11.3. The van der Waals surface area contributed by atoms with Crippen LogP contribution in [0.4, 0.5) is 14.5 Å². The van der Waals surface area contributed by atoms with E-state index in [1.165, 1.54) is 6.92 Å². The number of anilines is 1. The minimum absolute atomic E-state index is 0.126. The molecule has 31 heavy (non-hydrogen) atoms. The highest BCUT2D eigenvalue weighted by Gasteiger charge is 2.50. The fraction of sp³-hybridized carbons (Fsp3) is 0.333. The molecule has 1 aliphatic rings. The lowest BCUT2D eigenvalue weighted by Crippen LogP contribution is -2.70. The maximum atomic E-state index is 14.5. The van der Waals surface area contributed by atoms with Crippen LogP contribution in [-0.2, 0) is 26.2 Å². The third-order valence-electron chi connectivity index (χ3n) is 5.22. The number of benzene rings is 2. The summed E-state index contributed by atoms with van der Waals surface area (Å²) in [6.07, 6.45) is 0.930. The molecule has 166 valence electrons. The van der Waals surface area contributed by atoms with Crippen LogP contribution in [0.1, 0.15) is 18.1 Å². The van der Waals surface area contributed by atoms with E-state index >= 15 is 0 Å². The fourth-order valence-electron chi connectivity index (χ4n) is 3.52. The van der Waals surface area contributed by atoms with Gasteiger partial charge in [0.05, 0.1) is 18.5 Å². The first-order chi connectivity index (χ1) is 14.4. The van der Waals surface area contributed by atoms with Crippen LogP contribution in [0.5, 0.6) is 0 Å². The number of piperazine rings is 1. The van der Waals surface area contributed by atoms with Gasteiger partial charge in [-0.1, -0.05) is 29.8 Å². The van der Waals surface area contributed by atoms with Crippen LogP contribution in [0, 0.1) is 18.6 Å². The number of amides is 2. The summed E-state index contributed by atoms with van der Waals surface area (Å²) >= 11 is 0. The molecule has 3 rings (SSSR count). The minimum Gasteiger partial charge on any atom is -0.350 e. The molecule has 1 saturated heterocycles. The number of carbonyl (C=O) groups is 2. The number of rotatable bonds is 5. The Morgan fingerprint density at radius 2 is 1.81 bits per heavy atom. The first-order valence-electron chi connectivity index (χ1n) is 9.49. The lowest BCUT2D eigenvalue weighted by molar-refractivity contribution is -0.133. The van der Waals surface area contributed by atoms with Crippen molar-refractivity contribution in [1.29, 1.82) is 0 Å². The van der Waals surface area contributed by atoms with Gasteiger partial charge in [0, 0.05) is 19.2 Å². The maximum Gasteiger partial charge on any atom is 0.247 e. The van der Waals surface area contributed by atoms with E-state index in [0.29, 0.717) is 6.07 Å². The van der Waals surface area contributed by atoms with Crippen molar-refractivity contribution in [2.24, 2.45) is 0 Å². The molecule has 0 spiro atoms. The monoisotopic (exact) mass is 451 g/mol. The molecular formula is C21H23F2N3O4S. The highest BCUT2D eigenvalue weighted by molar-refractivity contribution is 7.88. The Bertz CT molecular complexity index is 1120. The van der Waals surface area contributed by atoms with Gasteiger partial charge in [0.1, 0.15) is 17.2 Å². The minimum atomic E-state index is -3.81. The van der Waals surface area contributed by atoms with E-state index in [1.807, 2.05) is 31.2 Å². The van der Waals surface area contributed by atoms with Crippen molar-refractivity contribution in [3.05, 3.63) is 65.2 Å². The van der Waals surface area contributed by atoms with Crippen LogP contribution >= 0.6 is 0 Å². The van der Waals surface area contributed by atoms with E-state index in [-0.39, 0.29) is 18.8 Å². The summed E-state index contributed by atoms with van der Waals surface area (Å²) in [5.41, 5.74) is -0.222. The van der Waals surface area contributed by atoms with E-state index in [9.17, 15) is 26.8 Å². The Hall–Kier alpha value is -2.85. The zero-order valence-corrected chi connectivity index (χ0v) is 18.2. The Kier molecular flexibility index (Phi) is 6.15. The lowest BCUT2D eigenvalue weighted by Gasteiger charge is -2.46. The third kappa shape index (κ3) is 4.75. The van der Waals surface area contributed by atoms with Crippen molar-refractivity contribution in [1.82, 2.24) is 9.62 Å². The quantitative estimate of drug-likeness (QED) is 0.753. The van der Waals surface area contributed by atoms with E-state index in [0.717, 1.165) is 38.7 Å². The van der Waals surface area contributed by atoms with Gasteiger partial charge < -0.3 is 5.32 Å². The molecule has 0 saturated carbocycles. The molecule has 1 fully saturated rings. The number of nitrogens with one attached hydrogen (secondary N) is 1. The van der Waals surface area contributed by atoms with Crippen molar-refractivity contribution >= 4 is 27.5 Å². The second-order valence-corrected chi connectivity index (χ2v) is 9.78. The lowest BCUT2D eigenvalue weighted by atomic mass is 9.94. The number of sulfonamides is 1. The maximum absolute atomic E-state index is 14.5. The smallest absolute Gasteiger partial charge is 0.247 e. The molecule has 2 amide bonds. The zero-order valence-electron chi connectivity index (χ0n) is 17.4. The summed E-state index contributed by atoms with van der Waals surface area (Å²) in [5.74, 6) is -3.33. The van der Waals surface area contributed by atoms with Crippen molar-refractivity contribution in [2.45, 2.75) is 25.9 Å². The Balaban J connectivity index is 1.98. The largest absolute Gasteiger partial charge is 0.350 e. The van der Waals surface area contributed by atoms with Gasteiger partial charge in [-0.2, -0.15) is 4.31 Å². The fourth-order valence-corrected chi connectivity index (χ4v) is 4.35. The van der Waals surface area contributed by atoms with Gasteiger partial charge in [-0.3, -0.25) is 14.5 Å². The van der Waals surface area contributed by atoms with E-state index < -0.39 is 45.6 Å². The predicted molar refractivity (Wildman–Crippen MR) is 112 cm³/mol. The van der Waals surface area contributed by atoms with Crippen LogP contribution in [0.2, 0.25) is 0 Å². The molecule has 1 atom stereocenters.